The number of nitrogens with zero attached hydrogens (tertiary/aromatic N) is 1. The Morgan fingerprint density at radius 1 is 0.815 bits per heavy atom. The molecule has 27 heavy (non-hydrogen) atoms. The van der Waals surface area contributed by atoms with Crippen LogP contribution in [0.15, 0.2) is 48.5 Å². The first kappa shape index (κ1) is 20.0. The summed E-state index contributed by atoms with van der Waals surface area (Å²) in [6, 6.07) is 14.2. The first-order chi connectivity index (χ1) is 12.9. The average Bonchev–Trinajstić information content (AvgIpc) is 2.67. The van der Waals surface area contributed by atoms with Gasteiger partial charge < -0.3 is 20.9 Å². The molecule has 0 fully saturated rings. The van der Waals surface area contributed by atoms with E-state index in [0.29, 0.717) is 17.8 Å². The first-order valence-electron chi connectivity index (χ1n) is 8.67. The maximum atomic E-state index is 12.1. The second kappa shape index (κ2) is 9.38. The van der Waals surface area contributed by atoms with E-state index in [-0.39, 0.29) is 24.3 Å². The van der Waals surface area contributed by atoms with Crippen molar-refractivity contribution >= 4 is 40.5 Å². The van der Waals surface area contributed by atoms with Crippen LogP contribution in [0.1, 0.15) is 20.3 Å². The van der Waals surface area contributed by atoms with Gasteiger partial charge in [0.2, 0.25) is 17.7 Å². The molecular formula is C20H24N4O3. The van der Waals surface area contributed by atoms with Crippen molar-refractivity contribution in [1.82, 2.24) is 0 Å². The fourth-order valence-corrected chi connectivity index (χ4v) is 2.26. The zero-order chi connectivity index (χ0) is 19.8. The Morgan fingerprint density at radius 3 is 1.81 bits per heavy atom. The van der Waals surface area contributed by atoms with Gasteiger partial charge in [-0.1, -0.05) is 6.92 Å². The van der Waals surface area contributed by atoms with Crippen molar-refractivity contribution in [2.45, 2.75) is 20.3 Å². The first-order valence-corrected chi connectivity index (χ1v) is 8.67. The summed E-state index contributed by atoms with van der Waals surface area (Å²) in [5, 5.41) is 8.58. The van der Waals surface area contributed by atoms with Crippen LogP contribution in [0.25, 0.3) is 0 Å². The van der Waals surface area contributed by atoms with Crippen molar-refractivity contribution in [3.63, 3.8) is 0 Å². The zero-order valence-corrected chi connectivity index (χ0v) is 15.7. The van der Waals surface area contributed by atoms with Gasteiger partial charge >= 0.3 is 0 Å². The molecule has 0 aliphatic rings. The van der Waals surface area contributed by atoms with Crippen molar-refractivity contribution in [3.05, 3.63) is 48.5 Å². The smallest absolute Gasteiger partial charge is 0.243 e. The summed E-state index contributed by atoms with van der Waals surface area (Å²) in [6.07, 6.45) is 0.423. The molecule has 0 atom stereocenters. The predicted molar refractivity (Wildman–Crippen MR) is 108 cm³/mol. The second-order valence-electron chi connectivity index (χ2n) is 6.01. The standard InChI is InChI=1S/C20H24N4O3/c1-4-19(26)22-16-7-5-15(6-8-16)21-13-20(27)23-17-9-11-18(12-10-17)24(3)14(2)25/h5-12,21H,4,13H2,1-3H3,(H,22,26)(H,23,27). The molecule has 0 aliphatic carbocycles. The molecule has 7 heteroatoms. The fourth-order valence-electron chi connectivity index (χ4n) is 2.26. The molecule has 0 bridgehead atoms. The molecular weight excluding hydrogens is 344 g/mol. The summed E-state index contributed by atoms with van der Waals surface area (Å²) in [5.41, 5.74) is 2.90. The van der Waals surface area contributed by atoms with Crippen LogP contribution < -0.4 is 20.9 Å². The van der Waals surface area contributed by atoms with E-state index in [1.165, 1.54) is 11.8 Å². The molecule has 0 unspecified atom stereocenters. The minimum absolute atomic E-state index is 0.0457. The summed E-state index contributed by atoms with van der Waals surface area (Å²) < 4.78 is 0. The normalized spacial score (nSPS) is 10.0. The number of nitrogens with one attached hydrogen (secondary N) is 3. The monoisotopic (exact) mass is 368 g/mol. The predicted octanol–water partition coefficient (Wildman–Crippen LogP) is 3.07. The molecule has 2 aromatic rings. The number of rotatable bonds is 7. The van der Waals surface area contributed by atoms with Gasteiger partial charge in [-0.2, -0.15) is 0 Å². The second-order valence-corrected chi connectivity index (χ2v) is 6.01. The van der Waals surface area contributed by atoms with Crippen LogP contribution in [-0.4, -0.2) is 31.3 Å². The lowest BCUT2D eigenvalue weighted by atomic mass is 10.2. The Balaban J connectivity index is 1.83. The van der Waals surface area contributed by atoms with Crippen LogP contribution in [0.4, 0.5) is 22.7 Å². The van der Waals surface area contributed by atoms with E-state index in [4.69, 9.17) is 0 Å². The lowest BCUT2D eigenvalue weighted by molar-refractivity contribution is -0.116. The number of anilines is 4. The van der Waals surface area contributed by atoms with Gasteiger partial charge in [0.1, 0.15) is 0 Å². The summed E-state index contributed by atoms with van der Waals surface area (Å²) >= 11 is 0. The van der Waals surface area contributed by atoms with E-state index in [1.807, 2.05) is 0 Å². The van der Waals surface area contributed by atoms with Gasteiger partial charge in [0, 0.05) is 43.1 Å². The van der Waals surface area contributed by atoms with E-state index < -0.39 is 0 Å². The molecule has 7 nitrogen and oxygen atoms in total. The lowest BCUT2D eigenvalue weighted by Gasteiger charge is -2.15. The van der Waals surface area contributed by atoms with Crippen molar-refractivity contribution in [3.8, 4) is 0 Å². The highest BCUT2D eigenvalue weighted by Gasteiger charge is 2.07. The molecule has 0 heterocycles. The lowest BCUT2D eigenvalue weighted by Crippen LogP contribution is -2.23. The van der Waals surface area contributed by atoms with E-state index in [9.17, 15) is 14.4 Å². The molecule has 0 radical (unpaired) electrons. The molecule has 0 aromatic heterocycles. The summed E-state index contributed by atoms with van der Waals surface area (Å²) in [6.45, 7) is 3.39. The van der Waals surface area contributed by atoms with Crippen LogP contribution in [-0.2, 0) is 14.4 Å². The Bertz CT molecular complexity index is 801. The number of carbonyl (C=O) groups is 3. The third kappa shape index (κ3) is 6.14. The van der Waals surface area contributed by atoms with Crippen LogP contribution in [0.2, 0.25) is 0 Å². The number of amides is 3. The average molecular weight is 368 g/mol. The minimum atomic E-state index is -0.189. The Morgan fingerprint density at radius 2 is 1.30 bits per heavy atom. The van der Waals surface area contributed by atoms with Crippen molar-refractivity contribution < 1.29 is 14.4 Å². The summed E-state index contributed by atoms with van der Waals surface area (Å²) in [4.78, 5) is 36.3. The molecule has 3 amide bonds. The van der Waals surface area contributed by atoms with Gasteiger partial charge in [0.05, 0.1) is 6.54 Å². The van der Waals surface area contributed by atoms with Gasteiger partial charge in [0.15, 0.2) is 0 Å². The highest BCUT2D eigenvalue weighted by Crippen LogP contribution is 2.17. The van der Waals surface area contributed by atoms with E-state index >= 15 is 0 Å². The molecule has 142 valence electrons. The minimum Gasteiger partial charge on any atom is -0.376 e. The third-order valence-corrected chi connectivity index (χ3v) is 3.95. The zero-order valence-electron chi connectivity index (χ0n) is 15.7. The van der Waals surface area contributed by atoms with Gasteiger partial charge in [-0.05, 0) is 48.5 Å². The fraction of sp³-hybridized carbons (Fsp3) is 0.250. The molecule has 0 saturated carbocycles. The maximum absolute atomic E-state index is 12.1. The van der Waals surface area contributed by atoms with Crippen LogP contribution >= 0.6 is 0 Å². The van der Waals surface area contributed by atoms with Crippen LogP contribution in [0, 0.1) is 0 Å². The highest BCUT2D eigenvalue weighted by atomic mass is 16.2. The Labute approximate surface area is 158 Å². The summed E-state index contributed by atoms with van der Waals surface area (Å²) in [5.74, 6) is -0.294. The Hall–Kier alpha value is -3.35. The van der Waals surface area contributed by atoms with E-state index in [1.54, 1.807) is 62.5 Å². The van der Waals surface area contributed by atoms with Crippen LogP contribution in [0.5, 0.6) is 0 Å². The number of carbonyl (C=O) groups excluding carboxylic acids is 3. The largest absolute Gasteiger partial charge is 0.376 e. The molecule has 2 aromatic carbocycles. The number of benzene rings is 2. The van der Waals surface area contributed by atoms with Crippen LogP contribution in [0.3, 0.4) is 0 Å². The van der Waals surface area contributed by atoms with Crippen molar-refractivity contribution in [2.75, 3.05) is 34.4 Å². The van der Waals surface area contributed by atoms with Crippen molar-refractivity contribution in [1.29, 1.82) is 0 Å². The van der Waals surface area contributed by atoms with E-state index in [2.05, 4.69) is 16.0 Å². The van der Waals surface area contributed by atoms with Gasteiger partial charge in [-0.15, -0.1) is 0 Å². The highest BCUT2D eigenvalue weighted by molar-refractivity contribution is 5.95. The molecule has 0 saturated heterocycles. The van der Waals surface area contributed by atoms with Gasteiger partial charge in [-0.3, -0.25) is 14.4 Å². The number of hydrogen-bond donors (Lipinski definition) is 3. The van der Waals surface area contributed by atoms with Crippen molar-refractivity contribution in [2.24, 2.45) is 0 Å². The van der Waals surface area contributed by atoms with E-state index in [0.717, 1.165) is 11.4 Å². The number of hydrogen-bond acceptors (Lipinski definition) is 4. The SMILES string of the molecule is CCC(=O)Nc1ccc(NCC(=O)Nc2ccc(N(C)C(C)=O)cc2)cc1. The molecule has 2 rings (SSSR count). The Kier molecular flexibility index (Phi) is 6.93. The molecule has 0 spiro atoms. The maximum Gasteiger partial charge on any atom is 0.243 e. The summed E-state index contributed by atoms with van der Waals surface area (Å²) in [7, 11) is 1.69. The van der Waals surface area contributed by atoms with Gasteiger partial charge in [-0.25, -0.2) is 0 Å². The quantitative estimate of drug-likeness (QED) is 0.700. The molecule has 0 aliphatic heterocycles. The van der Waals surface area contributed by atoms with Gasteiger partial charge in [0.25, 0.3) is 0 Å². The molecule has 3 N–H and O–H groups in total. The third-order valence-electron chi connectivity index (χ3n) is 3.95. The topological polar surface area (TPSA) is 90.5 Å².